The van der Waals surface area contributed by atoms with E-state index in [2.05, 4.69) is 18.5 Å². The minimum Gasteiger partial charge on any atom is -0.461 e. The molecule has 0 aliphatic rings. The molecular formula is C31H45NO6. The summed E-state index contributed by atoms with van der Waals surface area (Å²) in [6.45, 7) is 12.8. The summed E-state index contributed by atoms with van der Waals surface area (Å²) in [7, 11) is 0. The quantitative estimate of drug-likeness (QED) is 0.134. The van der Waals surface area contributed by atoms with Gasteiger partial charge in [-0.25, -0.2) is 4.79 Å². The van der Waals surface area contributed by atoms with Gasteiger partial charge in [0.25, 0.3) is 0 Å². The van der Waals surface area contributed by atoms with Gasteiger partial charge in [-0.15, -0.1) is 13.2 Å². The molecule has 2 atom stereocenters. The Morgan fingerprint density at radius 2 is 1.58 bits per heavy atom. The van der Waals surface area contributed by atoms with Gasteiger partial charge in [-0.1, -0.05) is 55.3 Å². The summed E-state index contributed by atoms with van der Waals surface area (Å²) in [5.74, 6) is -2.70. The van der Waals surface area contributed by atoms with Gasteiger partial charge in [0.2, 0.25) is 5.91 Å². The second-order valence-corrected chi connectivity index (χ2v) is 10.5. The second-order valence-electron chi connectivity index (χ2n) is 10.5. The molecule has 0 saturated heterocycles. The van der Waals surface area contributed by atoms with E-state index in [0.717, 1.165) is 24.8 Å². The van der Waals surface area contributed by atoms with Crippen molar-refractivity contribution in [2.75, 3.05) is 0 Å². The number of carbonyl (C=O) groups is 4. The summed E-state index contributed by atoms with van der Waals surface area (Å²) in [4.78, 5) is 51.5. The van der Waals surface area contributed by atoms with Crippen LogP contribution in [0.1, 0.15) is 90.5 Å². The fourth-order valence-corrected chi connectivity index (χ4v) is 3.80. The first kappa shape index (κ1) is 32.8. The average molecular weight is 528 g/mol. The topological polar surface area (TPSA) is 98.8 Å². The lowest BCUT2D eigenvalue weighted by Crippen LogP contribution is -2.47. The number of hydrogen-bond donors (Lipinski definition) is 1. The van der Waals surface area contributed by atoms with Gasteiger partial charge in [-0.05, 0) is 58.4 Å². The number of esters is 2. The molecule has 0 aliphatic carbocycles. The van der Waals surface area contributed by atoms with Crippen LogP contribution in [-0.4, -0.2) is 35.3 Å². The van der Waals surface area contributed by atoms with Crippen LogP contribution >= 0.6 is 0 Å². The van der Waals surface area contributed by atoms with Crippen molar-refractivity contribution in [3.63, 3.8) is 0 Å². The third kappa shape index (κ3) is 15.1. The molecule has 1 aromatic rings. The summed E-state index contributed by atoms with van der Waals surface area (Å²) < 4.78 is 10.9. The maximum absolute atomic E-state index is 13.3. The van der Waals surface area contributed by atoms with Crippen LogP contribution in [0, 0.1) is 5.92 Å². The third-order valence-electron chi connectivity index (χ3n) is 5.77. The normalized spacial score (nSPS) is 12.6. The molecule has 0 radical (unpaired) electrons. The molecule has 0 saturated carbocycles. The monoisotopic (exact) mass is 527 g/mol. The highest BCUT2D eigenvalue weighted by Gasteiger charge is 2.31. The van der Waals surface area contributed by atoms with E-state index >= 15 is 0 Å². The largest absolute Gasteiger partial charge is 0.461 e. The van der Waals surface area contributed by atoms with E-state index in [9.17, 15) is 19.2 Å². The first-order valence-corrected chi connectivity index (χ1v) is 13.5. The van der Waals surface area contributed by atoms with Crippen LogP contribution in [0.15, 0.2) is 55.6 Å². The molecule has 7 heteroatoms. The molecule has 0 bridgehead atoms. The Bertz CT molecular complexity index is 903. The van der Waals surface area contributed by atoms with E-state index in [1.165, 1.54) is 0 Å². The number of hydrogen-bond acceptors (Lipinski definition) is 6. The molecule has 0 unspecified atom stereocenters. The molecule has 1 amide bonds. The zero-order valence-electron chi connectivity index (χ0n) is 23.3. The molecule has 1 rings (SSSR count). The third-order valence-corrected chi connectivity index (χ3v) is 5.77. The van der Waals surface area contributed by atoms with Crippen molar-refractivity contribution in [1.82, 2.24) is 5.32 Å². The first-order valence-electron chi connectivity index (χ1n) is 13.5. The van der Waals surface area contributed by atoms with Crippen LogP contribution in [0.25, 0.3) is 0 Å². The number of ketones is 1. The molecule has 0 aliphatic heterocycles. The van der Waals surface area contributed by atoms with Crippen LogP contribution in [0.3, 0.4) is 0 Å². The van der Waals surface area contributed by atoms with Crippen molar-refractivity contribution >= 4 is 23.6 Å². The number of nitrogens with one attached hydrogen (secondary N) is 1. The number of allylic oxidation sites excluding steroid dienone is 2. The van der Waals surface area contributed by atoms with Gasteiger partial charge in [0, 0.05) is 12.8 Å². The van der Waals surface area contributed by atoms with Crippen LogP contribution in [-0.2, 0) is 35.3 Å². The SMILES string of the molecule is C=CCCCCC[C@H](NC(=O)[C@@H](CC(=O)CCCC=C)CC(=O)OCc1ccccc1)C(=O)OC(C)(C)C. The van der Waals surface area contributed by atoms with Crippen molar-refractivity contribution in [2.45, 2.75) is 103 Å². The van der Waals surface area contributed by atoms with Crippen LogP contribution < -0.4 is 5.32 Å². The smallest absolute Gasteiger partial charge is 0.329 e. The number of Topliss-reactive ketones (excluding diaryl/α,β-unsaturated/α-hetero) is 1. The molecule has 0 aromatic heterocycles. The second kappa shape index (κ2) is 18.1. The van der Waals surface area contributed by atoms with Crippen LogP contribution in [0.4, 0.5) is 0 Å². The van der Waals surface area contributed by atoms with Crippen molar-refractivity contribution in [2.24, 2.45) is 5.92 Å². The molecule has 1 aromatic carbocycles. The van der Waals surface area contributed by atoms with Gasteiger partial charge in [0.1, 0.15) is 24.0 Å². The van der Waals surface area contributed by atoms with E-state index in [1.807, 2.05) is 36.4 Å². The Kier molecular flexibility index (Phi) is 15.6. The number of amides is 1. The predicted octanol–water partition coefficient (Wildman–Crippen LogP) is 6.01. The highest BCUT2D eigenvalue weighted by molar-refractivity contribution is 5.92. The minimum absolute atomic E-state index is 0.0759. The average Bonchev–Trinajstić information content (AvgIpc) is 2.86. The zero-order valence-corrected chi connectivity index (χ0v) is 23.3. The summed E-state index contributed by atoms with van der Waals surface area (Å²) in [6.07, 6.45) is 8.62. The molecule has 1 N–H and O–H groups in total. The highest BCUT2D eigenvalue weighted by atomic mass is 16.6. The van der Waals surface area contributed by atoms with Crippen molar-refractivity contribution in [3.05, 3.63) is 61.2 Å². The molecule has 0 heterocycles. The number of rotatable bonds is 19. The van der Waals surface area contributed by atoms with E-state index in [-0.39, 0.29) is 31.7 Å². The van der Waals surface area contributed by atoms with Crippen molar-refractivity contribution < 1.29 is 28.7 Å². The fourth-order valence-electron chi connectivity index (χ4n) is 3.80. The Morgan fingerprint density at radius 3 is 2.21 bits per heavy atom. The summed E-state index contributed by atoms with van der Waals surface area (Å²) in [6, 6.07) is 8.35. The fraction of sp³-hybridized carbons (Fsp3) is 0.548. The van der Waals surface area contributed by atoms with E-state index in [1.54, 1.807) is 26.8 Å². The first-order chi connectivity index (χ1) is 18.1. The standard InChI is InChI=1S/C31H45NO6/c1-6-8-10-11-16-20-27(30(36)38-31(3,4)5)32-29(35)25(21-26(33)19-13-9-7-2)22-28(34)37-23-24-17-14-12-15-18-24/h6-7,12,14-15,17-18,25,27H,1-2,8-11,13,16,19-23H2,3-5H3,(H,32,35)/t25-,27-/m0/s1. The van der Waals surface area contributed by atoms with E-state index in [4.69, 9.17) is 9.47 Å². The van der Waals surface area contributed by atoms with Gasteiger partial charge < -0.3 is 14.8 Å². The number of unbranched alkanes of at least 4 members (excludes halogenated alkanes) is 4. The maximum atomic E-state index is 13.3. The molecule has 210 valence electrons. The van der Waals surface area contributed by atoms with Gasteiger partial charge in [-0.2, -0.15) is 0 Å². The summed E-state index contributed by atoms with van der Waals surface area (Å²) in [5, 5.41) is 2.77. The van der Waals surface area contributed by atoms with Gasteiger partial charge in [0.05, 0.1) is 12.3 Å². The molecule has 0 spiro atoms. The lowest BCUT2D eigenvalue weighted by molar-refractivity contribution is -0.159. The van der Waals surface area contributed by atoms with E-state index in [0.29, 0.717) is 25.7 Å². The molecular weight excluding hydrogens is 482 g/mol. The number of ether oxygens (including phenoxy) is 2. The Morgan fingerprint density at radius 1 is 0.921 bits per heavy atom. The van der Waals surface area contributed by atoms with E-state index < -0.39 is 35.4 Å². The number of carbonyl (C=O) groups excluding carboxylic acids is 4. The Hall–Kier alpha value is -3.22. The van der Waals surface area contributed by atoms with Crippen LogP contribution in [0.2, 0.25) is 0 Å². The number of benzene rings is 1. The van der Waals surface area contributed by atoms with Crippen molar-refractivity contribution in [1.29, 1.82) is 0 Å². The highest BCUT2D eigenvalue weighted by Crippen LogP contribution is 2.18. The predicted molar refractivity (Wildman–Crippen MR) is 149 cm³/mol. The summed E-state index contributed by atoms with van der Waals surface area (Å²) in [5.41, 5.74) is 0.105. The maximum Gasteiger partial charge on any atom is 0.329 e. The van der Waals surface area contributed by atoms with Gasteiger partial charge in [0.15, 0.2) is 0 Å². The Labute approximate surface area is 228 Å². The summed E-state index contributed by atoms with van der Waals surface area (Å²) >= 11 is 0. The van der Waals surface area contributed by atoms with Gasteiger partial charge in [-0.3, -0.25) is 14.4 Å². The Balaban J connectivity index is 2.93. The zero-order chi connectivity index (χ0) is 28.4. The lowest BCUT2D eigenvalue weighted by Gasteiger charge is -2.26. The van der Waals surface area contributed by atoms with Crippen molar-refractivity contribution in [3.8, 4) is 0 Å². The molecule has 7 nitrogen and oxygen atoms in total. The molecule has 38 heavy (non-hydrogen) atoms. The lowest BCUT2D eigenvalue weighted by atomic mass is 9.94. The van der Waals surface area contributed by atoms with Crippen LogP contribution in [0.5, 0.6) is 0 Å². The van der Waals surface area contributed by atoms with Gasteiger partial charge >= 0.3 is 11.9 Å². The molecule has 0 fully saturated rings. The minimum atomic E-state index is -0.944.